The molecule has 0 bridgehead atoms. The number of methoxy groups -OCH3 is 1. The molecule has 106 valence electrons. The summed E-state index contributed by atoms with van der Waals surface area (Å²) in [4.78, 5) is 11.8. The summed E-state index contributed by atoms with van der Waals surface area (Å²) in [6.45, 7) is 0.192. The molecule has 1 rings (SSSR count). The number of hydrogen-bond donors (Lipinski definition) is 3. The normalized spacial score (nSPS) is 11.1. The van der Waals surface area contributed by atoms with Gasteiger partial charge in [0.25, 0.3) is 5.91 Å². The molecule has 0 spiro atoms. The van der Waals surface area contributed by atoms with Gasteiger partial charge in [-0.1, -0.05) is 0 Å². The van der Waals surface area contributed by atoms with E-state index in [2.05, 4.69) is 10.0 Å². The highest BCUT2D eigenvalue weighted by molar-refractivity contribution is 7.88. The van der Waals surface area contributed by atoms with Crippen LogP contribution in [0.15, 0.2) is 18.2 Å². The molecule has 0 heterocycles. The van der Waals surface area contributed by atoms with Gasteiger partial charge < -0.3 is 15.2 Å². The van der Waals surface area contributed by atoms with Gasteiger partial charge in [0.05, 0.1) is 18.9 Å². The quantitative estimate of drug-likeness (QED) is 0.622. The van der Waals surface area contributed by atoms with Gasteiger partial charge in [-0.25, -0.2) is 13.1 Å². The number of benzene rings is 1. The average Bonchev–Trinajstić information content (AvgIpc) is 2.34. The summed E-state index contributed by atoms with van der Waals surface area (Å²) < 4.78 is 28.8. The van der Waals surface area contributed by atoms with Crippen LogP contribution < -0.4 is 14.8 Å². The van der Waals surface area contributed by atoms with Crippen molar-refractivity contribution in [3.8, 4) is 11.5 Å². The number of ether oxygens (including phenoxy) is 1. The molecule has 0 aromatic heterocycles. The largest absolute Gasteiger partial charge is 0.507 e. The van der Waals surface area contributed by atoms with Crippen LogP contribution in [0.25, 0.3) is 0 Å². The maximum Gasteiger partial charge on any atom is 0.255 e. The van der Waals surface area contributed by atoms with Crippen molar-refractivity contribution in [1.82, 2.24) is 10.0 Å². The van der Waals surface area contributed by atoms with Gasteiger partial charge in [-0.3, -0.25) is 4.79 Å². The van der Waals surface area contributed by atoms with Crippen molar-refractivity contribution < 1.29 is 23.1 Å². The number of nitrogens with one attached hydrogen (secondary N) is 2. The van der Waals surface area contributed by atoms with E-state index in [4.69, 9.17) is 4.74 Å². The van der Waals surface area contributed by atoms with Crippen LogP contribution in [0.3, 0.4) is 0 Å². The van der Waals surface area contributed by atoms with Gasteiger partial charge in [-0.2, -0.15) is 0 Å². The maximum absolute atomic E-state index is 11.8. The third-order valence-electron chi connectivity index (χ3n) is 2.22. The summed E-state index contributed by atoms with van der Waals surface area (Å²) in [6, 6.07) is 4.27. The molecule has 19 heavy (non-hydrogen) atoms. The van der Waals surface area contributed by atoms with Gasteiger partial charge >= 0.3 is 0 Å². The molecule has 0 saturated heterocycles. The fourth-order valence-corrected chi connectivity index (χ4v) is 1.80. The van der Waals surface area contributed by atoms with E-state index in [1.807, 2.05) is 0 Å². The molecule has 0 aliphatic carbocycles. The number of aromatic hydroxyl groups is 1. The second-order valence-electron chi connectivity index (χ2n) is 3.81. The van der Waals surface area contributed by atoms with Gasteiger partial charge in [-0.15, -0.1) is 0 Å². The fourth-order valence-electron chi connectivity index (χ4n) is 1.33. The first-order chi connectivity index (χ1) is 8.83. The summed E-state index contributed by atoms with van der Waals surface area (Å²) in [7, 11) is -1.83. The molecular formula is C11H16N2O5S. The molecule has 0 saturated carbocycles. The van der Waals surface area contributed by atoms with E-state index < -0.39 is 15.9 Å². The van der Waals surface area contributed by atoms with E-state index in [1.54, 1.807) is 0 Å². The van der Waals surface area contributed by atoms with Crippen LogP contribution in [-0.2, 0) is 10.0 Å². The zero-order chi connectivity index (χ0) is 14.5. The number of sulfonamides is 1. The van der Waals surface area contributed by atoms with Crippen molar-refractivity contribution in [2.45, 2.75) is 0 Å². The number of phenols is 1. The average molecular weight is 288 g/mol. The molecule has 0 atom stereocenters. The first-order valence-electron chi connectivity index (χ1n) is 5.43. The Balaban J connectivity index is 2.58. The van der Waals surface area contributed by atoms with Gasteiger partial charge in [0.1, 0.15) is 11.5 Å². The highest BCUT2D eigenvalue weighted by Crippen LogP contribution is 2.22. The Kier molecular flexibility index (Phi) is 5.13. The Bertz CT molecular complexity index is 556. The SMILES string of the molecule is COc1ccc(O)c(C(=O)NCCNS(C)(=O)=O)c1. The second-order valence-corrected chi connectivity index (χ2v) is 5.64. The molecule has 0 unspecified atom stereocenters. The standard InChI is InChI=1S/C11H16N2O5S/c1-18-8-3-4-10(14)9(7-8)11(15)12-5-6-13-19(2,16)17/h3-4,7,13-14H,5-6H2,1-2H3,(H,12,15). The van der Waals surface area contributed by atoms with Crippen molar-refractivity contribution in [3.05, 3.63) is 23.8 Å². The van der Waals surface area contributed by atoms with Gasteiger partial charge in [0.15, 0.2) is 0 Å². The molecule has 8 heteroatoms. The zero-order valence-corrected chi connectivity index (χ0v) is 11.5. The molecule has 1 amide bonds. The number of carbonyl (C=O) groups is 1. The monoisotopic (exact) mass is 288 g/mol. The first kappa shape index (κ1) is 15.3. The first-order valence-corrected chi connectivity index (χ1v) is 7.32. The molecule has 1 aromatic carbocycles. The summed E-state index contributed by atoms with van der Waals surface area (Å²) in [6.07, 6.45) is 1.03. The van der Waals surface area contributed by atoms with Gasteiger partial charge in [0, 0.05) is 13.1 Å². The van der Waals surface area contributed by atoms with Crippen LogP contribution in [0.1, 0.15) is 10.4 Å². The predicted octanol–water partition coefficient (Wildman–Crippen LogP) is -0.320. The van der Waals surface area contributed by atoms with Crippen LogP contribution in [0.2, 0.25) is 0 Å². The van der Waals surface area contributed by atoms with Crippen LogP contribution in [-0.4, -0.2) is 45.9 Å². The Labute approximate surface area is 111 Å². The number of phenolic OH excluding ortho intramolecular Hbond substituents is 1. The van der Waals surface area contributed by atoms with E-state index >= 15 is 0 Å². The minimum absolute atomic E-state index is 0.0682. The van der Waals surface area contributed by atoms with Crippen molar-refractivity contribution in [2.24, 2.45) is 0 Å². The lowest BCUT2D eigenvalue weighted by atomic mass is 10.2. The molecule has 0 aliphatic rings. The van der Waals surface area contributed by atoms with Crippen molar-refractivity contribution >= 4 is 15.9 Å². The van der Waals surface area contributed by atoms with Crippen LogP contribution in [0.5, 0.6) is 11.5 Å². The number of carbonyl (C=O) groups excluding carboxylic acids is 1. The van der Waals surface area contributed by atoms with Crippen molar-refractivity contribution in [2.75, 3.05) is 26.5 Å². The Morgan fingerprint density at radius 1 is 1.37 bits per heavy atom. The van der Waals surface area contributed by atoms with Gasteiger partial charge in [-0.05, 0) is 18.2 Å². The predicted molar refractivity (Wildman–Crippen MR) is 69.8 cm³/mol. The topological polar surface area (TPSA) is 105 Å². The van der Waals surface area contributed by atoms with Crippen LogP contribution in [0, 0.1) is 0 Å². The Morgan fingerprint density at radius 3 is 2.63 bits per heavy atom. The number of amides is 1. The highest BCUT2D eigenvalue weighted by Gasteiger charge is 2.12. The third-order valence-corrected chi connectivity index (χ3v) is 2.95. The molecule has 1 aromatic rings. The molecule has 3 N–H and O–H groups in total. The van der Waals surface area contributed by atoms with Gasteiger partial charge in [0.2, 0.25) is 10.0 Å². The zero-order valence-electron chi connectivity index (χ0n) is 10.6. The van der Waals surface area contributed by atoms with Crippen LogP contribution in [0.4, 0.5) is 0 Å². The lowest BCUT2D eigenvalue weighted by Gasteiger charge is -2.08. The summed E-state index contributed by atoms with van der Waals surface area (Å²) in [5, 5.41) is 12.0. The Hall–Kier alpha value is -1.80. The molecule has 0 fully saturated rings. The summed E-state index contributed by atoms with van der Waals surface area (Å²) >= 11 is 0. The maximum atomic E-state index is 11.8. The number of hydrogen-bond acceptors (Lipinski definition) is 5. The minimum atomic E-state index is -3.28. The third kappa shape index (κ3) is 5.14. The van der Waals surface area contributed by atoms with E-state index in [1.165, 1.54) is 25.3 Å². The van der Waals surface area contributed by atoms with Crippen LogP contribution >= 0.6 is 0 Å². The summed E-state index contributed by atoms with van der Waals surface area (Å²) in [5.74, 6) is -0.238. The van der Waals surface area contributed by atoms with E-state index in [9.17, 15) is 18.3 Å². The summed E-state index contributed by atoms with van der Waals surface area (Å²) in [5.41, 5.74) is 0.0682. The van der Waals surface area contributed by atoms with E-state index in [-0.39, 0.29) is 24.4 Å². The smallest absolute Gasteiger partial charge is 0.255 e. The molecule has 0 aliphatic heterocycles. The lowest BCUT2D eigenvalue weighted by Crippen LogP contribution is -2.34. The lowest BCUT2D eigenvalue weighted by molar-refractivity contribution is 0.0951. The minimum Gasteiger partial charge on any atom is -0.507 e. The van der Waals surface area contributed by atoms with Crippen molar-refractivity contribution in [1.29, 1.82) is 0 Å². The highest BCUT2D eigenvalue weighted by atomic mass is 32.2. The molecular weight excluding hydrogens is 272 g/mol. The second kappa shape index (κ2) is 6.39. The fraction of sp³-hybridized carbons (Fsp3) is 0.364. The number of rotatable bonds is 6. The van der Waals surface area contributed by atoms with Crippen molar-refractivity contribution in [3.63, 3.8) is 0 Å². The van der Waals surface area contributed by atoms with E-state index in [0.29, 0.717) is 5.75 Å². The Morgan fingerprint density at radius 2 is 2.05 bits per heavy atom. The van der Waals surface area contributed by atoms with E-state index in [0.717, 1.165) is 6.26 Å². The molecule has 7 nitrogen and oxygen atoms in total. The molecule has 0 radical (unpaired) electrons.